The summed E-state index contributed by atoms with van der Waals surface area (Å²) in [5.41, 5.74) is 7.69. The Kier molecular flexibility index (Phi) is 2.29. The predicted molar refractivity (Wildman–Crippen MR) is 58.7 cm³/mol. The SMILES string of the molecule is CCc1ccc2cn[nH]c2c1NC(N)=O. The van der Waals surface area contributed by atoms with Gasteiger partial charge in [-0.3, -0.25) is 5.10 Å². The zero-order chi connectivity index (χ0) is 10.8. The van der Waals surface area contributed by atoms with Gasteiger partial charge >= 0.3 is 6.03 Å². The molecule has 1 aromatic heterocycles. The summed E-state index contributed by atoms with van der Waals surface area (Å²) in [6, 6.07) is 3.36. The molecule has 0 aliphatic rings. The molecule has 0 fully saturated rings. The van der Waals surface area contributed by atoms with Crippen LogP contribution in [0.25, 0.3) is 10.9 Å². The third-order valence-corrected chi connectivity index (χ3v) is 2.33. The van der Waals surface area contributed by atoms with Crippen molar-refractivity contribution in [3.8, 4) is 0 Å². The molecule has 5 heteroatoms. The van der Waals surface area contributed by atoms with Crippen molar-refractivity contribution >= 4 is 22.6 Å². The molecule has 0 radical (unpaired) electrons. The van der Waals surface area contributed by atoms with Gasteiger partial charge < -0.3 is 11.1 Å². The Hall–Kier alpha value is -2.04. The lowest BCUT2D eigenvalue weighted by Gasteiger charge is -2.08. The number of nitrogens with two attached hydrogens (primary N) is 1. The largest absolute Gasteiger partial charge is 0.351 e. The smallest absolute Gasteiger partial charge is 0.316 e. The van der Waals surface area contributed by atoms with Crippen LogP contribution in [0.1, 0.15) is 12.5 Å². The van der Waals surface area contributed by atoms with Gasteiger partial charge in [0.1, 0.15) is 0 Å². The van der Waals surface area contributed by atoms with Gasteiger partial charge in [-0.1, -0.05) is 19.1 Å². The van der Waals surface area contributed by atoms with Crippen molar-refractivity contribution in [2.24, 2.45) is 5.73 Å². The number of carbonyl (C=O) groups is 1. The molecule has 2 rings (SSSR count). The second kappa shape index (κ2) is 3.61. The summed E-state index contributed by atoms with van der Waals surface area (Å²) < 4.78 is 0. The fraction of sp³-hybridized carbons (Fsp3) is 0.200. The highest BCUT2D eigenvalue weighted by molar-refractivity contribution is 6.00. The molecule has 0 bridgehead atoms. The number of H-pyrrole nitrogens is 1. The highest BCUT2D eigenvalue weighted by Crippen LogP contribution is 2.25. The maximum Gasteiger partial charge on any atom is 0.316 e. The van der Waals surface area contributed by atoms with Gasteiger partial charge in [-0.2, -0.15) is 5.10 Å². The van der Waals surface area contributed by atoms with Crippen LogP contribution in [0.15, 0.2) is 18.3 Å². The number of urea groups is 1. The van der Waals surface area contributed by atoms with E-state index in [2.05, 4.69) is 15.5 Å². The minimum Gasteiger partial charge on any atom is -0.351 e. The summed E-state index contributed by atoms with van der Waals surface area (Å²) in [7, 11) is 0. The van der Waals surface area contributed by atoms with Gasteiger partial charge in [0.25, 0.3) is 0 Å². The number of rotatable bonds is 2. The van der Waals surface area contributed by atoms with Crippen LogP contribution in [-0.2, 0) is 6.42 Å². The van der Waals surface area contributed by atoms with Crippen LogP contribution >= 0.6 is 0 Å². The van der Waals surface area contributed by atoms with Crippen LogP contribution in [-0.4, -0.2) is 16.2 Å². The Morgan fingerprint density at radius 3 is 3.07 bits per heavy atom. The molecule has 0 unspecified atom stereocenters. The molecule has 0 saturated heterocycles. The Labute approximate surface area is 86.7 Å². The number of amides is 2. The summed E-state index contributed by atoms with van der Waals surface area (Å²) in [5, 5.41) is 10.4. The first-order chi connectivity index (χ1) is 7.22. The highest BCUT2D eigenvalue weighted by atomic mass is 16.2. The van der Waals surface area contributed by atoms with Crippen molar-refractivity contribution in [2.45, 2.75) is 13.3 Å². The number of benzene rings is 1. The molecule has 5 nitrogen and oxygen atoms in total. The molecule has 15 heavy (non-hydrogen) atoms. The molecule has 1 heterocycles. The van der Waals surface area contributed by atoms with E-state index in [1.54, 1.807) is 6.20 Å². The molecule has 0 atom stereocenters. The molecule has 2 amide bonds. The van der Waals surface area contributed by atoms with E-state index in [0.717, 1.165) is 28.6 Å². The lowest BCUT2D eigenvalue weighted by molar-refractivity contribution is 0.259. The average molecular weight is 204 g/mol. The number of fused-ring (bicyclic) bond motifs is 1. The second-order valence-electron chi connectivity index (χ2n) is 3.28. The van der Waals surface area contributed by atoms with E-state index in [9.17, 15) is 4.79 Å². The molecule has 0 spiro atoms. The zero-order valence-corrected chi connectivity index (χ0v) is 8.37. The number of nitrogens with zero attached hydrogens (tertiary/aromatic N) is 1. The van der Waals surface area contributed by atoms with E-state index >= 15 is 0 Å². The number of anilines is 1. The lowest BCUT2D eigenvalue weighted by Crippen LogP contribution is -2.20. The second-order valence-corrected chi connectivity index (χ2v) is 3.28. The zero-order valence-electron chi connectivity index (χ0n) is 8.37. The average Bonchev–Trinajstić information content (AvgIpc) is 2.65. The first-order valence-corrected chi connectivity index (χ1v) is 4.73. The van der Waals surface area contributed by atoms with Crippen molar-refractivity contribution in [3.05, 3.63) is 23.9 Å². The van der Waals surface area contributed by atoms with Crippen molar-refractivity contribution in [3.63, 3.8) is 0 Å². The first kappa shape index (κ1) is 9.51. The molecule has 0 aliphatic carbocycles. The minimum absolute atomic E-state index is 0.563. The molecule has 78 valence electrons. The van der Waals surface area contributed by atoms with Crippen LogP contribution in [0.4, 0.5) is 10.5 Å². The fourth-order valence-corrected chi connectivity index (χ4v) is 1.62. The molecular formula is C10H12N4O. The quantitative estimate of drug-likeness (QED) is 0.694. The van der Waals surface area contributed by atoms with E-state index in [4.69, 9.17) is 5.73 Å². The van der Waals surface area contributed by atoms with E-state index in [-0.39, 0.29) is 0 Å². The monoisotopic (exact) mass is 204 g/mol. The lowest BCUT2D eigenvalue weighted by atomic mass is 10.1. The first-order valence-electron chi connectivity index (χ1n) is 4.73. The highest BCUT2D eigenvalue weighted by Gasteiger charge is 2.09. The number of aromatic nitrogens is 2. The van der Waals surface area contributed by atoms with E-state index < -0.39 is 6.03 Å². The van der Waals surface area contributed by atoms with Crippen LogP contribution in [0.5, 0.6) is 0 Å². The normalized spacial score (nSPS) is 10.5. The molecule has 4 N–H and O–H groups in total. The van der Waals surface area contributed by atoms with Crippen LogP contribution in [0, 0.1) is 0 Å². The summed E-state index contributed by atoms with van der Waals surface area (Å²) in [5.74, 6) is 0. The maximum absolute atomic E-state index is 10.9. The van der Waals surface area contributed by atoms with Crippen LogP contribution < -0.4 is 11.1 Å². The number of aryl methyl sites for hydroxylation is 1. The van der Waals surface area contributed by atoms with E-state index in [1.165, 1.54) is 0 Å². The Bertz CT molecular complexity index is 503. The number of nitrogens with one attached hydrogen (secondary N) is 2. The molecule has 2 aromatic rings. The molecular weight excluding hydrogens is 192 g/mol. The number of aromatic amines is 1. The van der Waals surface area contributed by atoms with Crippen molar-refractivity contribution < 1.29 is 4.79 Å². The summed E-state index contributed by atoms with van der Waals surface area (Å²) >= 11 is 0. The third-order valence-electron chi connectivity index (χ3n) is 2.33. The summed E-state index contributed by atoms with van der Waals surface area (Å²) in [6.45, 7) is 2.02. The standard InChI is InChI=1S/C10H12N4O/c1-2-6-3-4-7-5-12-14-9(7)8(6)13-10(11)15/h3-5H,2H2,1H3,(H,12,14)(H3,11,13,15). The van der Waals surface area contributed by atoms with Gasteiger partial charge in [-0.05, 0) is 12.0 Å². The third kappa shape index (κ3) is 1.63. The van der Waals surface area contributed by atoms with Crippen molar-refractivity contribution in [1.29, 1.82) is 0 Å². The number of primary amides is 1. The molecule has 0 saturated carbocycles. The maximum atomic E-state index is 10.9. The number of hydrogen-bond donors (Lipinski definition) is 3. The summed E-state index contributed by atoms with van der Waals surface area (Å²) in [6.07, 6.45) is 2.53. The van der Waals surface area contributed by atoms with Crippen molar-refractivity contribution in [1.82, 2.24) is 10.2 Å². The van der Waals surface area contributed by atoms with Gasteiger partial charge in [0, 0.05) is 5.39 Å². The van der Waals surface area contributed by atoms with E-state index in [1.807, 2.05) is 19.1 Å². The van der Waals surface area contributed by atoms with Gasteiger partial charge in [0.15, 0.2) is 0 Å². The van der Waals surface area contributed by atoms with Crippen LogP contribution in [0.3, 0.4) is 0 Å². The van der Waals surface area contributed by atoms with E-state index in [0.29, 0.717) is 0 Å². The van der Waals surface area contributed by atoms with Crippen LogP contribution in [0.2, 0.25) is 0 Å². The minimum atomic E-state index is -0.563. The topological polar surface area (TPSA) is 83.8 Å². The molecule has 1 aromatic carbocycles. The van der Waals surface area contributed by atoms with Gasteiger partial charge in [-0.25, -0.2) is 4.79 Å². The number of hydrogen-bond acceptors (Lipinski definition) is 2. The summed E-state index contributed by atoms with van der Waals surface area (Å²) in [4.78, 5) is 10.9. The Morgan fingerprint density at radius 2 is 2.40 bits per heavy atom. The number of carbonyl (C=O) groups excluding carboxylic acids is 1. The molecule has 0 aliphatic heterocycles. The fourth-order valence-electron chi connectivity index (χ4n) is 1.62. The van der Waals surface area contributed by atoms with Gasteiger partial charge in [0.2, 0.25) is 0 Å². The van der Waals surface area contributed by atoms with Gasteiger partial charge in [-0.15, -0.1) is 0 Å². The van der Waals surface area contributed by atoms with Crippen molar-refractivity contribution in [2.75, 3.05) is 5.32 Å². The predicted octanol–water partition coefficient (Wildman–Crippen LogP) is 1.62. The van der Waals surface area contributed by atoms with Gasteiger partial charge in [0.05, 0.1) is 17.4 Å². The Balaban J connectivity index is 2.62. The Morgan fingerprint density at radius 1 is 1.60 bits per heavy atom.